The molecule has 0 saturated heterocycles. The standard InChI is InChI=1S/C45H42N6O3/c1-31-4-10-40(46-19-31)43-13-7-34(22-49-43)25-52-28-37-16-38(29-53-26-35-8-14-44(50-23-35)41-11-5-32(2)20-47-41)18-39(17-37)30-54-27-36-9-15-45(51-24-36)42-12-6-33(3)21-48-42/h4-24H,25-30H2,1-3H3. The van der Waals surface area contributed by atoms with Crippen LogP contribution >= 0.6 is 0 Å². The van der Waals surface area contributed by atoms with E-state index < -0.39 is 0 Å². The molecule has 9 heteroatoms. The lowest BCUT2D eigenvalue weighted by atomic mass is 10.1. The van der Waals surface area contributed by atoms with Crippen LogP contribution in [0.4, 0.5) is 0 Å². The minimum absolute atomic E-state index is 0.430. The Labute approximate surface area is 316 Å². The maximum Gasteiger partial charge on any atom is 0.0886 e. The Kier molecular flexibility index (Phi) is 11.9. The second-order valence-electron chi connectivity index (χ2n) is 13.5. The molecule has 0 aliphatic heterocycles. The van der Waals surface area contributed by atoms with Crippen LogP contribution in [-0.4, -0.2) is 29.9 Å². The van der Waals surface area contributed by atoms with E-state index in [2.05, 4.69) is 48.1 Å². The summed E-state index contributed by atoms with van der Waals surface area (Å²) in [6.45, 7) is 8.66. The van der Waals surface area contributed by atoms with Gasteiger partial charge in [-0.1, -0.05) is 54.6 Å². The average molecular weight is 715 g/mol. The van der Waals surface area contributed by atoms with Crippen molar-refractivity contribution in [1.82, 2.24) is 29.9 Å². The van der Waals surface area contributed by atoms with Gasteiger partial charge < -0.3 is 14.2 Å². The molecule has 0 aliphatic rings. The molecule has 0 unspecified atom stereocenters. The van der Waals surface area contributed by atoms with Gasteiger partial charge in [-0.05, 0) is 107 Å². The van der Waals surface area contributed by atoms with Crippen molar-refractivity contribution >= 4 is 0 Å². The van der Waals surface area contributed by atoms with Crippen LogP contribution in [-0.2, 0) is 53.9 Å². The normalized spacial score (nSPS) is 11.2. The lowest BCUT2D eigenvalue weighted by molar-refractivity contribution is 0.0991. The highest BCUT2D eigenvalue weighted by molar-refractivity contribution is 5.55. The van der Waals surface area contributed by atoms with Crippen LogP contribution in [0.25, 0.3) is 34.2 Å². The molecule has 270 valence electrons. The van der Waals surface area contributed by atoms with Crippen LogP contribution in [0.3, 0.4) is 0 Å². The van der Waals surface area contributed by atoms with Gasteiger partial charge >= 0.3 is 0 Å². The van der Waals surface area contributed by atoms with E-state index in [0.29, 0.717) is 39.6 Å². The third-order valence-corrected chi connectivity index (χ3v) is 8.72. The van der Waals surface area contributed by atoms with Gasteiger partial charge in [0.05, 0.1) is 73.8 Å². The number of benzene rings is 1. The molecule has 54 heavy (non-hydrogen) atoms. The molecule has 0 fully saturated rings. The predicted octanol–water partition coefficient (Wildman–Crippen LogP) is 9.13. The molecule has 0 bridgehead atoms. The highest BCUT2D eigenvalue weighted by atomic mass is 16.5. The summed E-state index contributed by atoms with van der Waals surface area (Å²) in [7, 11) is 0. The van der Waals surface area contributed by atoms with Gasteiger partial charge in [-0.3, -0.25) is 29.9 Å². The fourth-order valence-electron chi connectivity index (χ4n) is 5.79. The summed E-state index contributed by atoms with van der Waals surface area (Å²) in [5.74, 6) is 0. The Morgan fingerprint density at radius 2 is 0.537 bits per heavy atom. The molecule has 0 N–H and O–H groups in total. The molecule has 6 aromatic heterocycles. The van der Waals surface area contributed by atoms with Crippen LogP contribution in [0.1, 0.15) is 50.1 Å². The molecule has 0 amide bonds. The Bertz CT molecular complexity index is 1970. The molecule has 0 atom stereocenters. The first-order chi connectivity index (χ1) is 26.4. The molecule has 7 aromatic rings. The zero-order valence-electron chi connectivity index (χ0n) is 30.8. The Morgan fingerprint density at radius 1 is 0.296 bits per heavy atom. The largest absolute Gasteiger partial charge is 0.372 e. The van der Waals surface area contributed by atoms with Gasteiger partial charge in [-0.2, -0.15) is 0 Å². The molecule has 0 saturated carbocycles. The lowest BCUT2D eigenvalue weighted by Gasteiger charge is -2.12. The summed E-state index contributed by atoms with van der Waals surface area (Å²) >= 11 is 0. The molecule has 7 rings (SSSR count). The number of aromatic nitrogens is 6. The van der Waals surface area contributed by atoms with Crippen LogP contribution < -0.4 is 0 Å². The van der Waals surface area contributed by atoms with E-state index in [9.17, 15) is 0 Å². The molecule has 6 heterocycles. The zero-order valence-corrected chi connectivity index (χ0v) is 30.8. The number of hydrogen-bond donors (Lipinski definition) is 0. The summed E-state index contributed by atoms with van der Waals surface area (Å²) in [6, 6.07) is 30.5. The third-order valence-electron chi connectivity index (χ3n) is 8.72. The van der Waals surface area contributed by atoms with Crippen LogP contribution in [0.2, 0.25) is 0 Å². The van der Waals surface area contributed by atoms with Gasteiger partial charge in [0.15, 0.2) is 0 Å². The summed E-state index contributed by atoms with van der Waals surface area (Å²) in [5.41, 5.74) is 14.5. The number of ether oxygens (including phenoxy) is 3. The summed E-state index contributed by atoms with van der Waals surface area (Å²) in [5, 5.41) is 0. The summed E-state index contributed by atoms with van der Waals surface area (Å²) in [4.78, 5) is 27.3. The van der Waals surface area contributed by atoms with Crippen molar-refractivity contribution in [2.45, 2.75) is 60.4 Å². The van der Waals surface area contributed by atoms with Gasteiger partial charge in [0.1, 0.15) is 0 Å². The smallest absolute Gasteiger partial charge is 0.0886 e. The number of hydrogen-bond acceptors (Lipinski definition) is 9. The Morgan fingerprint density at radius 3 is 0.759 bits per heavy atom. The third kappa shape index (κ3) is 10.1. The van der Waals surface area contributed by atoms with Gasteiger partial charge in [0.25, 0.3) is 0 Å². The molecule has 0 radical (unpaired) electrons. The monoisotopic (exact) mass is 714 g/mol. The maximum absolute atomic E-state index is 6.17. The van der Waals surface area contributed by atoms with Gasteiger partial charge in [-0.15, -0.1) is 0 Å². The van der Waals surface area contributed by atoms with E-state index in [4.69, 9.17) is 14.2 Å². The minimum atomic E-state index is 0.430. The van der Waals surface area contributed by atoms with Crippen LogP contribution in [0.5, 0.6) is 0 Å². The highest BCUT2D eigenvalue weighted by Crippen LogP contribution is 2.20. The second kappa shape index (κ2) is 17.7. The average Bonchev–Trinajstić information content (AvgIpc) is 3.20. The molecule has 1 aromatic carbocycles. The second-order valence-corrected chi connectivity index (χ2v) is 13.5. The number of pyridine rings is 6. The van der Waals surface area contributed by atoms with Gasteiger partial charge in [0, 0.05) is 37.2 Å². The van der Waals surface area contributed by atoms with Gasteiger partial charge in [-0.25, -0.2) is 0 Å². The van der Waals surface area contributed by atoms with E-state index in [0.717, 1.165) is 84.2 Å². The van der Waals surface area contributed by atoms with E-state index in [1.807, 2.05) is 131 Å². The summed E-state index contributed by atoms with van der Waals surface area (Å²) < 4.78 is 18.5. The molecular weight excluding hydrogens is 673 g/mol. The molecule has 9 nitrogen and oxygen atoms in total. The highest BCUT2D eigenvalue weighted by Gasteiger charge is 2.08. The van der Waals surface area contributed by atoms with Crippen molar-refractivity contribution in [2.24, 2.45) is 0 Å². The SMILES string of the molecule is Cc1ccc(-c2ccc(COCc3cc(COCc4ccc(-c5ccc(C)cn5)nc4)cc(COCc4ccc(-c5ccc(C)cn5)nc4)c3)cn2)nc1. The van der Waals surface area contributed by atoms with Crippen molar-refractivity contribution in [3.8, 4) is 34.2 Å². The van der Waals surface area contributed by atoms with Crippen molar-refractivity contribution in [3.63, 3.8) is 0 Å². The zero-order chi connectivity index (χ0) is 37.1. The van der Waals surface area contributed by atoms with E-state index in [1.54, 1.807) is 0 Å². The fraction of sp³-hybridized carbons (Fsp3) is 0.200. The Balaban J connectivity index is 0.974. The van der Waals surface area contributed by atoms with Crippen molar-refractivity contribution in [1.29, 1.82) is 0 Å². The van der Waals surface area contributed by atoms with Crippen LogP contribution in [0, 0.1) is 20.8 Å². The summed E-state index contributed by atoms with van der Waals surface area (Å²) in [6.07, 6.45) is 11.1. The number of rotatable bonds is 15. The maximum atomic E-state index is 6.17. The number of nitrogens with zero attached hydrogens (tertiary/aromatic N) is 6. The number of aryl methyl sites for hydroxylation is 3. The first kappa shape index (κ1) is 36.4. The predicted molar refractivity (Wildman–Crippen MR) is 209 cm³/mol. The fourth-order valence-corrected chi connectivity index (χ4v) is 5.79. The van der Waals surface area contributed by atoms with Crippen LogP contribution in [0.15, 0.2) is 128 Å². The molecule has 0 spiro atoms. The molecular formula is C45H42N6O3. The van der Waals surface area contributed by atoms with E-state index >= 15 is 0 Å². The minimum Gasteiger partial charge on any atom is -0.372 e. The van der Waals surface area contributed by atoms with Crippen molar-refractivity contribution < 1.29 is 14.2 Å². The first-order valence-corrected chi connectivity index (χ1v) is 17.9. The van der Waals surface area contributed by atoms with Crippen molar-refractivity contribution in [3.05, 3.63) is 178 Å². The first-order valence-electron chi connectivity index (χ1n) is 17.9. The van der Waals surface area contributed by atoms with Crippen molar-refractivity contribution in [2.75, 3.05) is 0 Å². The Hall–Kier alpha value is -6.00. The quantitative estimate of drug-likeness (QED) is 0.103. The molecule has 0 aliphatic carbocycles. The van der Waals surface area contributed by atoms with E-state index in [1.165, 1.54) is 0 Å². The van der Waals surface area contributed by atoms with Gasteiger partial charge in [0.2, 0.25) is 0 Å². The topological polar surface area (TPSA) is 105 Å². The van der Waals surface area contributed by atoms with E-state index in [-0.39, 0.29) is 0 Å². The lowest BCUT2D eigenvalue weighted by Crippen LogP contribution is -2.02.